The number of hydrogen-bond donors (Lipinski definition) is 0. The Morgan fingerprint density at radius 2 is 0.577 bits per heavy atom. The maximum Gasteiger partial charge on any atom is 0.178 e. The molecule has 7 aromatic heterocycles. The minimum absolute atomic E-state index is 0.0275. The van der Waals surface area contributed by atoms with Gasteiger partial charge in [0.2, 0.25) is 0 Å². The third-order valence-corrected chi connectivity index (χ3v) is 25.8. The van der Waals surface area contributed by atoms with Crippen molar-refractivity contribution in [3.8, 4) is 22.7 Å². The Bertz CT molecular complexity index is 6900. The maximum atomic E-state index is 7.76. The first-order chi connectivity index (χ1) is 61.5. The zero-order chi connectivity index (χ0) is 85.2. The van der Waals surface area contributed by atoms with E-state index in [0.29, 0.717) is 0 Å². The fourth-order valence-electron chi connectivity index (χ4n) is 20.5. The van der Waals surface area contributed by atoms with E-state index in [2.05, 4.69) is 319 Å². The largest absolute Gasteiger partial charge is 0.359 e. The molecule has 0 spiro atoms. The first-order valence-corrected chi connectivity index (χ1v) is 42.3. The average molecular weight is 1610 g/mol. The number of aryl methyl sites for hydroxylation is 4. The highest BCUT2D eigenvalue weighted by Crippen LogP contribution is 2.55. The lowest BCUT2D eigenvalue weighted by molar-refractivity contribution is 0.382. The smallest absolute Gasteiger partial charge is 0.178 e. The monoisotopic (exact) mass is 1610 g/mol. The number of rotatable bonds is 7. The normalized spacial score (nSPS) is 17.2. The molecule has 0 aliphatic carbocycles. The highest BCUT2D eigenvalue weighted by atomic mass is 15.5. The Kier molecular flexibility index (Phi) is 16.2. The van der Waals surface area contributed by atoms with Crippen LogP contribution < -0.4 is 34.3 Å². The van der Waals surface area contributed by atoms with E-state index in [0.717, 1.165) is 145 Å². The first-order valence-electron chi connectivity index (χ1n) is 43.8. The van der Waals surface area contributed by atoms with Crippen LogP contribution in [0.5, 0.6) is 0 Å². The van der Waals surface area contributed by atoms with E-state index in [1.54, 1.807) is 18.6 Å². The topological polar surface area (TPSA) is 149 Å². The van der Waals surface area contributed by atoms with Crippen molar-refractivity contribution in [2.75, 3.05) is 41.3 Å². The summed E-state index contributed by atoms with van der Waals surface area (Å²) in [5.41, 5.74) is 34.1. The van der Waals surface area contributed by atoms with Crippen LogP contribution in [-0.4, -0.2) is 94.7 Å². The maximum absolute atomic E-state index is 7.76. The van der Waals surface area contributed by atoms with Gasteiger partial charge in [-0.25, -0.2) is 39.9 Å². The first kappa shape index (κ1) is 69.7. The Labute approximate surface area is 717 Å². The van der Waals surface area contributed by atoms with Crippen LogP contribution in [0.3, 0.4) is 0 Å². The van der Waals surface area contributed by atoms with Crippen molar-refractivity contribution < 1.29 is 4.11 Å². The zero-order valence-corrected chi connectivity index (χ0v) is 69.4. The Morgan fingerprint density at radius 1 is 0.268 bits per heavy atom. The lowest BCUT2D eigenvalue weighted by atomic mass is 10.0. The van der Waals surface area contributed by atoms with Gasteiger partial charge in [0.05, 0.1) is 101 Å². The summed E-state index contributed by atoms with van der Waals surface area (Å²) < 4.78 is 32.4. The molecule has 123 heavy (non-hydrogen) atoms. The van der Waals surface area contributed by atoms with Crippen LogP contribution in [0.4, 0.5) is 74.5 Å². The highest BCUT2D eigenvalue weighted by Gasteiger charge is 2.44. The van der Waals surface area contributed by atoms with Gasteiger partial charge >= 0.3 is 0 Å². The molecule has 0 saturated heterocycles. The molecular weight excluding hydrogens is 1520 g/mol. The number of hydrogen-bond acceptors (Lipinski definition) is 16. The molecule has 8 aliphatic rings. The predicted octanol–water partition coefficient (Wildman–Crippen LogP) is 22.0. The molecule has 11 aromatic carbocycles. The Balaban J connectivity index is 0.0000000969. The summed E-state index contributed by atoms with van der Waals surface area (Å²) in [7, 11) is 0. The van der Waals surface area contributed by atoms with Crippen LogP contribution in [0.1, 0.15) is 99.6 Å². The van der Waals surface area contributed by atoms with Crippen molar-refractivity contribution in [3.05, 3.63) is 366 Å². The van der Waals surface area contributed by atoms with Gasteiger partial charge in [0.1, 0.15) is 48.0 Å². The minimum atomic E-state index is -2.15. The summed E-state index contributed by atoms with van der Waals surface area (Å²) in [6.45, 7) is 15.2. The van der Waals surface area contributed by atoms with Crippen LogP contribution in [0.15, 0.2) is 298 Å². The molecule has 18 aromatic rings. The van der Waals surface area contributed by atoms with Crippen molar-refractivity contribution in [3.63, 3.8) is 0 Å². The quantitative estimate of drug-likeness (QED) is 0.149. The molecule has 600 valence electrons. The van der Waals surface area contributed by atoms with Gasteiger partial charge < -0.3 is 39.2 Å². The molecule has 0 bridgehead atoms. The SMILES string of the molecule is Cc1ccc2c(c1N1c3cccnc3N(c3ccccc3)[C@@H]1C)Cc1nc3ccccc3n1-2.Cc1ccc2c(c1N1c3ncccc3N(c3ccccc3)[C@@H]1C)Cc1nc3ccccc3n1-2.Cc1ccc2c(c1N1c3nccnc3N(c3ccccc3)[C@@H]1C)Cc1nc3ccccc3n1-2.[2H]C([2H])([2H])N1C=CN(c2c(C)ccc3c2Cc2nc4ccccc4n2-3)[C@H]1C. The van der Waals surface area contributed by atoms with E-state index < -0.39 is 6.98 Å². The summed E-state index contributed by atoms with van der Waals surface area (Å²) >= 11 is 0. The van der Waals surface area contributed by atoms with Crippen LogP contribution in [0, 0.1) is 27.7 Å². The standard InChI is InChI=1S/2C28H23N5.C27H22N6.C20H20N4/c1-18-14-15-23-21(17-26-30-22-11-6-7-12-24(22)33(23)26)27(18)32-19(2)31(20-9-4-3-5-10-20)28-25(32)13-8-16-29-28;1-18-14-15-23-21(17-26-30-22-11-6-7-12-24(22)33(23)26)27(18)32-19(2)31(20-9-4-3-5-10-20)25-13-8-16-29-28(25)32;1-17-12-13-22-20(16-24-30-21-10-6-7-11-23(21)33(22)24)25(17)32-18(2)31(19-8-4-3-5-9-19)26-27(32)29-15-14-28-26;1-13-8-9-17-15(20(13)23-11-10-22(3)14(23)2)12-19-21-16-6-4-5-7-18(16)24(17)19/h2*3-16,19H,17H2,1-2H3;3-15,18H,16H2,1-2H3;4-11,14H,12H2,1-3H3/t2*19-;18-;14-/m0000/s1/i;;;3D3. The summed E-state index contributed by atoms with van der Waals surface area (Å²) in [5.74, 6) is 8.09. The zero-order valence-electron chi connectivity index (χ0n) is 72.4. The predicted molar refractivity (Wildman–Crippen MR) is 494 cm³/mol. The van der Waals surface area contributed by atoms with E-state index >= 15 is 0 Å². The van der Waals surface area contributed by atoms with Crippen molar-refractivity contribution in [2.45, 2.75) is 106 Å². The molecule has 0 N–H and O–H groups in total. The summed E-state index contributed by atoms with van der Waals surface area (Å²) in [6.07, 6.45) is 14.0. The Morgan fingerprint density at radius 3 is 0.984 bits per heavy atom. The number of fused-ring (bicyclic) bond motifs is 23. The summed E-state index contributed by atoms with van der Waals surface area (Å²) in [5, 5.41) is 0. The number of para-hydroxylation sites is 11. The number of imidazole rings is 4. The van der Waals surface area contributed by atoms with Crippen molar-refractivity contribution in [1.82, 2.24) is 63.0 Å². The summed E-state index contributed by atoms with van der Waals surface area (Å²) in [6, 6.07) is 91.0. The van der Waals surface area contributed by atoms with Crippen molar-refractivity contribution in [1.29, 1.82) is 0 Å². The van der Waals surface area contributed by atoms with Gasteiger partial charge in [0, 0.05) is 113 Å². The molecule has 20 nitrogen and oxygen atoms in total. The van der Waals surface area contributed by atoms with Gasteiger partial charge in [0.15, 0.2) is 23.3 Å². The third-order valence-electron chi connectivity index (χ3n) is 25.8. The van der Waals surface area contributed by atoms with Crippen LogP contribution >= 0.6 is 0 Å². The minimum Gasteiger partial charge on any atom is -0.359 e. The molecule has 0 fully saturated rings. The second-order valence-electron chi connectivity index (χ2n) is 32.8. The average Bonchev–Trinajstić information content (AvgIpc) is 1.57. The molecule has 0 radical (unpaired) electrons. The van der Waals surface area contributed by atoms with E-state index in [9.17, 15) is 0 Å². The molecular formula is C103H88N20. The van der Waals surface area contributed by atoms with E-state index in [-0.39, 0.29) is 24.7 Å². The van der Waals surface area contributed by atoms with Crippen LogP contribution in [-0.2, 0) is 25.7 Å². The number of aromatic nitrogens is 12. The van der Waals surface area contributed by atoms with E-state index in [1.165, 1.54) is 94.7 Å². The van der Waals surface area contributed by atoms with Crippen LogP contribution in [0.2, 0.25) is 0 Å². The molecule has 0 unspecified atom stereocenters. The number of benzene rings is 11. The van der Waals surface area contributed by atoms with Gasteiger partial charge in [0.25, 0.3) is 0 Å². The van der Waals surface area contributed by atoms with Gasteiger partial charge in [-0.1, -0.05) is 127 Å². The second-order valence-corrected chi connectivity index (χ2v) is 32.8. The highest BCUT2D eigenvalue weighted by molar-refractivity contribution is 5.94. The van der Waals surface area contributed by atoms with E-state index in [1.807, 2.05) is 68.0 Å². The molecule has 26 rings (SSSR count). The van der Waals surface area contributed by atoms with Crippen molar-refractivity contribution in [2.24, 2.45) is 0 Å². The molecule has 0 saturated carbocycles. The molecule has 0 amide bonds. The second kappa shape index (κ2) is 28.5. The number of anilines is 13. The number of pyridine rings is 2. The molecule has 8 aliphatic heterocycles. The van der Waals surface area contributed by atoms with Gasteiger partial charge in [-0.15, -0.1) is 0 Å². The molecule has 4 atom stereocenters. The Hall–Kier alpha value is -15.2. The van der Waals surface area contributed by atoms with Gasteiger partial charge in [-0.3, -0.25) is 18.3 Å². The van der Waals surface area contributed by atoms with Crippen molar-refractivity contribution >= 4 is 119 Å². The third kappa shape index (κ3) is 11.3. The summed E-state index contributed by atoms with van der Waals surface area (Å²) in [4.78, 5) is 56.5. The molecule has 20 heteroatoms. The lowest BCUT2D eigenvalue weighted by Crippen LogP contribution is -2.36. The molecule has 15 heterocycles. The fraction of sp³-hybridized carbons (Fsp3) is 0.165. The lowest BCUT2D eigenvalue weighted by Gasteiger charge is -2.32. The fourth-order valence-corrected chi connectivity index (χ4v) is 20.5. The van der Waals surface area contributed by atoms with Gasteiger partial charge in [-0.05, 0) is 211 Å². The number of nitrogens with zero attached hydrogens (tertiary/aromatic N) is 20. The van der Waals surface area contributed by atoms with E-state index in [4.69, 9.17) is 44.0 Å². The van der Waals surface area contributed by atoms with Gasteiger partial charge in [-0.2, -0.15) is 0 Å². The van der Waals surface area contributed by atoms with Crippen LogP contribution in [0.25, 0.3) is 66.9 Å².